The normalized spacial score (nSPS) is 13.8. The van der Waals surface area contributed by atoms with Gasteiger partial charge in [-0.3, -0.25) is 4.79 Å². The number of ether oxygens (including phenoxy) is 1. The maximum absolute atomic E-state index is 13.6. The first kappa shape index (κ1) is 14.4. The number of hydrogen-bond acceptors (Lipinski definition) is 3. The minimum atomic E-state index is -0.699. The summed E-state index contributed by atoms with van der Waals surface area (Å²) >= 11 is 0. The van der Waals surface area contributed by atoms with Crippen LogP contribution in [0.1, 0.15) is 20.3 Å². The van der Waals surface area contributed by atoms with Gasteiger partial charge in [0.15, 0.2) is 0 Å². The Morgan fingerprint density at radius 3 is 2.72 bits per heavy atom. The van der Waals surface area contributed by atoms with Crippen molar-refractivity contribution in [3.8, 4) is 5.75 Å². The van der Waals surface area contributed by atoms with Crippen LogP contribution < -0.4 is 15.8 Å². The largest absolute Gasteiger partial charge is 0.497 e. The highest BCUT2D eigenvalue weighted by Crippen LogP contribution is 2.25. The van der Waals surface area contributed by atoms with Crippen LogP contribution >= 0.6 is 0 Å². The number of amides is 1. The van der Waals surface area contributed by atoms with Crippen molar-refractivity contribution in [2.75, 3.05) is 19.0 Å². The molecule has 100 valence electrons. The van der Waals surface area contributed by atoms with E-state index in [9.17, 15) is 9.18 Å². The van der Waals surface area contributed by atoms with E-state index in [4.69, 9.17) is 10.5 Å². The fourth-order valence-corrected chi connectivity index (χ4v) is 1.40. The van der Waals surface area contributed by atoms with Gasteiger partial charge in [-0.1, -0.05) is 6.92 Å². The molecule has 0 aromatic heterocycles. The number of carbonyl (C=O) groups excluding carboxylic acids is 1. The summed E-state index contributed by atoms with van der Waals surface area (Å²) in [6, 6.07) is 4.19. The quantitative estimate of drug-likeness (QED) is 0.846. The SMILES string of the molecule is CCC(C)(CN)C(=O)Nc1cc(OC)ccc1F. The summed E-state index contributed by atoms with van der Waals surface area (Å²) in [6.07, 6.45) is 0.584. The Kier molecular flexibility index (Phi) is 4.67. The third-order valence-electron chi connectivity index (χ3n) is 3.20. The molecule has 5 heteroatoms. The molecule has 1 rings (SSSR count). The van der Waals surface area contributed by atoms with Crippen molar-refractivity contribution in [2.45, 2.75) is 20.3 Å². The summed E-state index contributed by atoms with van der Waals surface area (Å²) in [7, 11) is 1.48. The molecule has 1 aromatic rings. The average Bonchev–Trinajstić information content (AvgIpc) is 2.40. The lowest BCUT2D eigenvalue weighted by atomic mass is 9.86. The zero-order valence-corrected chi connectivity index (χ0v) is 10.9. The molecule has 0 radical (unpaired) electrons. The van der Waals surface area contributed by atoms with Crippen molar-refractivity contribution in [2.24, 2.45) is 11.1 Å². The Labute approximate surface area is 106 Å². The first-order chi connectivity index (χ1) is 8.46. The van der Waals surface area contributed by atoms with Crippen LogP contribution in [0.15, 0.2) is 18.2 Å². The highest BCUT2D eigenvalue weighted by molar-refractivity contribution is 5.95. The molecule has 0 aliphatic rings. The Morgan fingerprint density at radius 2 is 2.22 bits per heavy atom. The van der Waals surface area contributed by atoms with E-state index in [0.717, 1.165) is 0 Å². The van der Waals surface area contributed by atoms with Gasteiger partial charge in [-0.2, -0.15) is 0 Å². The molecule has 0 aliphatic carbocycles. The van der Waals surface area contributed by atoms with E-state index in [-0.39, 0.29) is 18.1 Å². The van der Waals surface area contributed by atoms with Crippen LogP contribution in [-0.2, 0) is 4.79 Å². The minimum Gasteiger partial charge on any atom is -0.497 e. The molecule has 1 amide bonds. The molecular formula is C13H19FN2O2. The second kappa shape index (κ2) is 5.82. The van der Waals surface area contributed by atoms with Crippen LogP contribution in [0.5, 0.6) is 5.75 Å². The summed E-state index contributed by atoms with van der Waals surface area (Å²) in [4.78, 5) is 12.0. The Bertz CT molecular complexity index is 431. The summed E-state index contributed by atoms with van der Waals surface area (Å²) in [5.41, 5.74) is 4.99. The van der Waals surface area contributed by atoms with Gasteiger partial charge < -0.3 is 15.8 Å². The predicted molar refractivity (Wildman–Crippen MR) is 69.0 cm³/mol. The third kappa shape index (κ3) is 2.98. The predicted octanol–water partition coefficient (Wildman–Crippen LogP) is 2.15. The molecule has 1 unspecified atom stereocenters. The molecule has 0 spiro atoms. The Morgan fingerprint density at radius 1 is 1.56 bits per heavy atom. The molecule has 3 N–H and O–H groups in total. The molecule has 18 heavy (non-hydrogen) atoms. The van der Waals surface area contributed by atoms with Crippen LogP contribution in [0.3, 0.4) is 0 Å². The molecule has 0 heterocycles. The van der Waals surface area contributed by atoms with E-state index in [2.05, 4.69) is 5.32 Å². The van der Waals surface area contributed by atoms with E-state index < -0.39 is 11.2 Å². The van der Waals surface area contributed by atoms with Crippen molar-refractivity contribution in [3.63, 3.8) is 0 Å². The number of nitrogens with one attached hydrogen (secondary N) is 1. The molecular weight excluding hydrogens is 235 g/mol. The second-order valence-electron chi connectivity index (χ2n) is 4.42. The fraction of sp³-hybridized carbons (Fsp3) is 0.462. The fourth-order valence-electron chi connectivity index (χ4n) is 1.40. The minimum absolute atomic E-state index is 0.104. The number of carbonyl (C=O) groups is 1. The Balaban J connectivity index is 2.94. The number of rotatable bonds is 5. The average molecular weight is 254 g/mol. The molecule has 0 fully saturated rings. The van der Waals surface area contributed by atoms with Crippen molar-refractivity contribution in [1.29, 1.82) is 0 Å². The number of anilines is 1. The van der Waals surface area contributed by atoms with Crippen LogP contribution in [0, 0.1) is 11.2 Å². The second-order valence-corrected chi connectivity index (χ2v) is 4.42. The van der Waals surface area contributed by atoms with E-state index in [1.54, 1.807) is 6.92 Å². The maximum atomic E-state index is 13.6. The number of methoxy groups -OCH3 is 1. The van der Waals surface area contributed by atoms with E-state index in [0.29, 0.717) is 12.2 Å². The summed E-state index contributed by atoms with van der Waals surface area (Å²) in [6.45, 7) is 3.83. The lowest BCUT2D eigenvalue weighted by molar-refractivity contribution is -0.124. The maximum Gasteiger partial charge on any atom is 0.231 e. The first-order valence-corrected chi connectivity index (χ1v) is 5.82. The highest BCUT2D eigenvalue weighted by Gasteiger charge is 2.30. The monoisotopic (exact) mass is 254 g/mol. The number of hydrogen-bond donors (Lipinski definition) is 2. The molecule has 0 bridgehead atoms. The van der Waals surface area contributed by atoms with E-state index >= 15 is 0 Å². The van der Waals surface area contributed by atoms with Crippen molar-refractivity contribution < 1.29 is 13.9 Å². The van der Waals surface area contributed by atoms with Crippen LogP contribution in [-0.4, -0.2) is 19.6 Å². The van der Waals surface area contributed by atoms with Crippen molar-refractivity contribution in [3.05, 3.63) is 24.0 Å². The van der Waals surface area contributed by atoms with Gasteiger partial charge in [0.05, 0.1) is 18.2 Å². The third-order valence-corrected chi connectivity index (χ3v) is 3.20. The number of benzene rings is 1. The molecule has 4 nitrogen and oxygen atoms in total. The zero-order chi connectivity index (χ0) is 13.8. The summed E-state index contributed by atoms with van der Waals surface area (Å²) in [5, 5.41) is 2.55. The van der Waals surface area contributed by atoms with E-state index in [1.807, 2.05) is 6.92 Å². The van der Waals surface area contributed by atoms with Gasteiger partial charge in [-0.05, 0) is 25.5 Å². The van der Waals surface area contributed by atoms with Crippen molar-refractivity contribution in [1.82, 2.24) is 0 Å². The zero-order valence-electron chi connectivity index (χ0n) is 10.9. The van der Waals surface area contributed by atoms with Crippen LogP contribution in [0.4, 0.5) is 10.1 Å². The van der Waals surface area contributed by atoms with Gasteiger partial charge in [0.25, 0.3) is 0 Å². The lowest BCUT2D eigenvalue weighted by Gasteiger charge is -2.25. The van der Waals surface area contributed by atoms with Crippen LogP contribution in [0.2, 0.25) is 0 Å². The highest BCUT2D eigenvalue weighted by atomic mass is 19.1. The molecule has 0 aliphatic heterocycles. The standard InChI is InChI=1S/C13H19FN2O2/c1-4-13(2,8-15)12(17)16-11-7-9(18-3)5-6-10(11)14/h5-7H,4,8,15H2,1-3H3,(H,16,17). The van der Waals surface area contributed by atoms with Gasteiger partial charge in [-0.25, -0.2) is 4.39 Å². The molecule has 0 saturated carbocycles. The molecule has 0 saturated heterocycles. The van der Waals surface area contributed by atoms with Crippen molar-refractivity contribution >= 4 is 11.6 Å². The smallest absolute Gasteiger partial charge is 0.231 e. The summed E-state index contributed by atoms with van der Waals surface area (Å²) < 4.78 is 18.5. The number of nitrogens with two attached hydrogens (primary N) is 1. The molecule has 1 atom stereocenters. The Hall–Kier alpha value is -1.62. The molecule has 1 aromatic carbocycles. The van der Waals surface area contributed by atoms with Gasteiger partial charge in [0.2, 0.25) is 5.91 Å². The van der Waals surface area contributed by atoms with E-state index in [1.165, 1.54) is 25.3 Å². The topological polar surface area (TPSA) is 64.4 Å². The first-order valence-electron chi connectivity index (χ1n) is 5.82. The summed E-state index contributed by atoms with van der Waals surface area (Å²) in [5.74, 6) is -0.308. The van der Waals surface area contributed by atoms with Gasteiger partial charge in [0, 0.05) is 12.6 Å². The van der Waals surface area contributed by atoms with Gasteiger partial charge in [-0.15, -0.1) is 0 Å². The lowest BCUT2D eigenvalue weighted by Crippen LogP contribution is -2.39. The van der Waals surface area contributed by atoms with Gasteiger partial charge >= 0.3 is 0 Å². The number of halogens is 1. The van der Waals surface area contributed by atoms with Gasteiger partial charge in [0.1, 0.15) is 11.6 Å². The van der Waals surface area contributed by atoms with Crippen LogP contribution in [0.25, 0.3) is 0 Å².